The molecule has 6 nitrogen and oxygen atoms in total. The largest absolute Gasteiger partial charge is 0.480 e. The summed E-state index contributed by atoms with van der Waals surface area (Å²) in [6, 6.07) is 0.997. The molecule has 0 spiro atoms. The van der Waals surface area contributed by atoms with Crippen LogP contribution in [-0.2, 0) is 9.59 Å². The number of amides is 1. The summed E-state index contributed by atoms with van der Waals surface area (Å²) in [6.45, 7) is 7.43. The number of carboxylic acid groups (broad SMARTS) is 1. The lowest BCUT2D eigenvalue weighted by molar-refractivity contribution is -0.143. The minimum absolute atomic E-state index is 0.100. The van der Waals surface area contributed by atoms with Gasteiger partial charge in [-0.15, -0.1) is 0 Å². The van der Waals surface area contributed by atoms with E-state index in [1.165, 1.54) is 11.8 Å². The molecule has 1 amide bonds. The highest BCUT2D eigenvalue weighted by molar-refractivity contribution is 7.99. The molecule has 1 aromatic rings. The fraction of sp³-hybridized carbons (Fsp3) is 0.571. The van der Waals surface area contributed by atoms with E-state index in [4.69, 9.17) is 5.11 Å². The maximum Gasteiger partial charge on any atom is 0.326 e. The Morgan fingerprint density at radius 3 is 2.38 bits per heavy atom. The van der Waals surface area contributed by atoms with Gasteiger partial charge in [0.25, 0.3) is 0 Å². The van der Waals surface area contributed by atoms with Gasteiger partial charge in [-0.05, 0) is 25.8 Å². The lowest BCUT2D eigenvalue weighted by Gasteiger charge is -2.19. The summed E-state index contributed by atoms with van der Waals surface area (Å²) in [7, 11) is 0. The first-order chi connectivity index (χ1) is 9.83. The van der Waals surface area contributed by atoms with Crippen LogP contribution in [0.5, 0.6) is 0 Å². The van der Waals surface area contributed by atoms with Gasteiger partial charge < -0.3 is 10.4 Å². The maximum absolute atomic E-state index is 11.9. The molecule has 2 unspecified atom stereocenters. The lowest BCUT2D eigenvalue weighted by Crippen LogP contribution is -2.45. The van der Waals surface area contributed by atoms with Crippen LogP contribution in [0.2, 0.25) is 0 Å². The fourth-order valence-corrected chi connectivity index (χ4v) is 2.55. The zero-order chi connectivity index (χ0) is 16.0. The summed E-state index contributed by atoms with van der Waals surface area (Å²) >= 11 is 1.20. The minimum atomic E-state index is -1.01. The third-order valence-corrected chi connectivity index (χ3v) is 3.94. The number of aliphatic carboxylic acids is 1. The number of thioether (sulfide) groups is 1. The molecule has 2 atom stereocenters. The van der Waals surface area contributed by atoms with Crippen LogP contribution < -0.4 is 5.32 Å². The van der Waals surface area contributed by atoms with E-state index < -0.39 is 12.0 Å². The smallest absolute Gasteiger partial charge is 0.326 e. The molecular formula is C14H21N3O3S. The Hall–Kier alpha value is -1.63. The van der Waals surface area contributed by atoms with Crippen molar-refractivity contribution in [3.63, 3.8) is 0 Å². The van der Waals surface area contributed by atoms with Crippen molar-refractivity contribution in [2.45, 2.75) is 45.3 Å². The van der Waals surface area contributed by atoms with Crippen molar-refractivity contribution < 1.29 is 14.7 Å². The van der Waals surface area contributed by atoms with Crippen molar-refractivity contribution in [3.05, 3.63) is 17.5 Å². The average molecular weight is 311 g/mol. The van der Waals surface area contributed by atoms with Crippen LogP contribution in [0.3, 0.4) is 0 Å². The zero-order valence-corrected chi connectivity index (χ0v) is 13.5. The Morgan fingerprint density at radius 1 is 1.33 bits per heavy atom. The van der Waals surface area contributed by atoms with Gasteiger partial charge in [-0.2, -0.15) is 0 Å². The number of aryl methyl sites for hydroxylation is 2. The first-order valence-corrected chi connectivity index (χ1v) is 7.79. The third kappa shape index (κ3) is 5.71. The highest BCUT2D eigenvalue weighted by Gasteiger charge is 2.25. The highest BCUT2D eigenvalue weighted by Crippen LogP contribution is 2.14. The van der Waals surface area contributed by atoms with Crippen LogP contribution in [0.4, 0.5) is 0 Å². The standard InChI is InChI=1S/C14H21N3O3S/c1-5-8(2)12(13(19)20)17-11(18)7-21-14-15-9(3)6-10(4)16-14/h6,8,12H,5,7H2,1-4H3,(H,17,18)(H,19,20). The molecule has 0 aliphatic carbocycles. The quantitative estimate of drug-likeness (QED) is 0.589. The lowest BCUT2D eigenvalue weighted by atomic mass is 9.99. The van der Waals surface area contributed by atoms with Crippen molar-refractivity contribution in [1.29, 1.82) is 0 Å². The van der Waals surface area contributed by atoms with Crippen LogP contribution in [0, 0.1) is 19.8 Å². The van der Waals surface area contributed by atoms with Crippen LogP contribution in [0.1, 0.15) is 31.7 Å². The molecular weight excluding hydrogens is 290 g/mol. The molecule has 0 fully saturated rings. The molecule has 0 bridgehead atoms. The molecule has 1 heterocycles. The molecule has 1 aromatic heterocycles. The van der Waals surface area contributed by atoms with E-state index in [1.54, 1.807) is 6.92 Å². The zero-order valence-electron chi connectivity index (χ0n) is 12.7. The van der Waals surface area contributed by atoms with Gasteiger partial charge in [-0.3, -0.25) is 4.79 Å². The van der Waals surface area contributed by atoms with Crippen LogP contribution in [0.25, 0.3) is 0 Å². The topological polar surface area (TPSA) is 92.2 Å². The molecule has 0 aliphatic rings. The Bertz CT molecular complexity index is 502. The second-order valence-corrected chi connectivity index (χ2v) is 5.93. The minimum Gasteiger partial charge on any atom is -0.480 e. The molecule has 0 saturated heterocycles. The molecule has 0 saturated carbocycles. The Kier molecular flexibility index (Phi) is 6.61. The molecule has 1 rings (SSSR count). The first-order valence-electron chi connectivity index (χ1n) is 6.80. The van der Waals surface area contributed by atoms with Crippen molar-refractivity contribution >= 4 is 23.6 Å². The number of carbonyl (C=O) groups is 2. The summed E-state index contributed by atoms with van der Waals surface area (Å²) in [5, 5.41) is 12.2. The van der Waals surface area contributed by atoms with Crippen molar-refractivity contribution in [1.82, 2.24) is 15.3 Å². The van der Waals surface area contributed by atoms with Crippen LogP contribution >= 0.6 is 11.8 Å². The van der Waals surface area contributed by atoms with Crippen molar-refractivity contribution in [2.24, 2.45) is 5.92 Å². The monoisotopic (exact) mass is 311 g/mol. The van der Waals surface area contributed by atoms with Crippen LogP contribution in [0.15, 0.2) is 11.2 Å². The van der Waals surface area contributed by atoms with E-state index in [9.17, 15) is 9.59 Å². The van der Waals surface area contributed by atoms with Gasteiger partial charge in [0.05, 0.1) is 5.75 Å². The first kappa shape index (κ1) is 17.4. The van der Waals surface area contributed by atoms with Gasteiger partial charge in [0.15, 0.2) is 5.16 Å². The van der Waals surface area contributed by atoms with Gasteiger partial charge in [-0.25, -0.2) is 14.8 Å². The van der Waals surface area contributed by atoms with E-state index in [0.29, 0.717) is 11.6 Å². The number of nitrogens with zero attached hydrogens (tertiary/aromatic N) is 2. The number of aromatic nitrogens is 2. The van der Waals surface area contributed by atoms with Gasteiger partial charge >= 0.3 is 5.97 Å². The summed E-state index contributed by atoms with van der Waals surface area (Å²) in [4.78, 5) is 31.5. The fourth-order valence-electron chi connectivity index (χ4n) is 1.79. The number of carboxylic acids is 1. The molecule has 21 heavy (non-hydrogen) atoms. The molecule has 0 radical (unpaired) electrons. The second-order valence-electron chi connectivity index (χ2n) is 4.99. The Labute approximate surface area is 128 Å². The van der Waals surface area contributed by atoms with E-state index >= 15 is 0 Å². The number of hydrogen-bond acceptors (Lipinski definition) is 5. The van der Waals surface area contributed by atoms with Gasteiger partial charge in [0.2, 0.25) is 5.91 Å². The van der Waals surface area contributed by atoms with Crippen molar-refractivity contribution in [3.8, 4) is 0 Å². The summed E-state index contributed by atoms with van der Waals surface area (Å²) in [5.74, 6) is -1.35. The summed E-state index contributed by atoms with van der Waals surface area (Å²) < 4.78 is 0. The van der Waals surface area contributed by atoms with E-state index in [1.807, 2.05) is 26.8 Å². The number of nitrogens with one attached hydrogen (secondary N) is 1. The Balaban J connectivity index is 2.58. The highest BCUT2D eigenvalue weighted by atomic mass is 32.2. The van der Waals surface area contributed by atoms with Crippen molar-refractivity contribution in [2.75, 3.05) is 5.75 Å². The normalized spacial score (nSPS) is 13.5. The van der Waals surface area contributed by atoms with Crippen LogP contribution in [-0.4, -0.2) is 38.7 Å². The van der Waals surface area contributed by atoms with Gasteiger partial charge in [0, 0.05) is 11.4 Å². The summed E-state index contributed by atoms with van der Waals surface area (Å²) in [6.07, 6.45) is 0.685. The molecule has 116 valence electrons. The summed E-state index contributed by atoms with van der Waals surface area (Å²) in [5.41, 5.74) is 1.68. The molecule has 0 aromatic carbocycles. The van der Waals surface area contributed by atoms with E-state index in [0.717, 1.165) is 11.4 Å². The third-order valence-electron chi connectivity index (χ3n) is 3.09. The van der Waals surface area contributed by atoms with E-state index in [2.05, 4.69) is 15.3 Å². The predicted octanol–water partition coefficient (Wildman–Crippen LogP) is 1.80. The molecule has 7 heteroatoms. The number of rotatable bonds is 7. The van der Waals surface area contributed by atoms with Gasteiger partial charge in [0.1, 0.15) is 6.04 Å². The van der Waals surface area contributed by atoms with E-state index in [-0.39, 0.29) is 17.6 Å². The average Bonchev–Trinajstić information content (AvgIpc) is 2.40. The number of hydrogen-bond donors (Lipinski definition) is 2. The SMILES string of the molecule is CCC(C)C(NC(=O)CSc1nc(C)cc(C)n1)C(=O)O. The maximum atomic E-state index is 11.9. The predicted molar refractivity (Wildman–Crippen MR) is 81.3 cm³/mol. The second kappa shape index (κ2) is 7.97. The Morgan fingerprint density at radius 2 is 1.90 bits per heavy atom. The van der Waals surface area contributed by atoms with Gasteiger partial charge in [-0.1, -0.05) is 32.0 Å². The molecule has 0 aliphatic heterocycles. The molecule has 2 N–H and O–H groups in total. The number of carbonyl (C=O) groups excluding carboxylic acids is 1.